The van der Waals surface area contributed by atoms with E-state index in [0.717, 1.165) is 12.1 Å². The van der Waals surface area contributed by atoms with Crippen LogP contribution in [0.15, 0.2) is 42.5 Å². The van der Waals surface area contributed by atoms with Gasteiger partial charge in [-0.1, -0.05) is 12.2 Å². The maximum absolute atomic E-state index is 11.3. The van der Waals surface area contributed by atoms with E-state index in [4.69, 9.17) is 0 Å². The predicted molar refractivity (Wildman–Crippen MR) is 96.2 cm³/mol. The van der Waals surface area contributed by atoms with Gasteiger partial charge < -0.3 is 10.6 Å². The van der Waals surface area contributed by atoms with E-state index >= 15 is 0 Å². The van der Waals surface area contributed by atoms with Gasteiger partial charge in [0.1, 0.15) is 0 Å². The smallest absolute Gasteiger partial charge is 0.221 e. The Balaban J connectivity index is 1.73. The van der Waals surface area contributed by atoms with Crippen molar-refractivity contribution in [1.82, 2.24) is 0 Å². The molecule has 0 fully saturated rings. The Bertz CT molecular complexity index is 792. The monoisotopic (exact) mass is 324 g/mol. The van der Waals surface area contributed by atoms with Crippen molar-refractivity contribution in [2.75, 3.05) is 10.6 Å². The lowest BCUT2D eigenvalue weighted by Crippen LogP contribution is -2.28. The van der Waals surface area contributed by atoms with Crippen LogP contribution in [0.4, 0.5) is 11.4 Å². The first-order chi connectivity index (χ1) is 11.1. The highest BCUT2D eigenvalue weighted by molar-refractivity contribution is 7.12. The number of rotatable bonds is 2. The van der Waals surface area contributed by atoms with Crippen LogP contribution in [0, 0.1) is 12.8 Å². The molecule has 0 spiro atoms. The average molecular weight is 324 g/mol. The molecule has 2 N–H and O–H groups in total. The molecule has 2 aliphatic rings. The average Bonchev–Trinajstić information content (AvgIpc) is 3.15. The molecule has 1 aromatic heterocycles. The highest BCUT2D eigenvalue weighted by atomic mass is 32.1. The van der Waals surface area contributed by atoms with E-state index in [9.17, 15) is 4.79 Å². The van der Waals surface area contributed by atoms with E-state index in [1.165, 1.54) is 21.0 Å². The summed E-state index contributed by atoms with van der Waals surface area (Å²) in [5.41, 5.74) is 3.35. The number of benzene rings is 1. The van der Waals surface area contributed by atoms with E-state index in [1.807, 2.05) is 17.4 Å². The minimum Gasteiger partial charge on any atom is -0.377 e. The predicted octanol–water partition coefficient (Wildman–Crippen LogP) is 4.84. The lowest BCUT2D eigenvalue weighted by atomic mass is 9.79. The Hall–Kier alpha value is -2.07. The van der Waals surface area contributed by atoms with Crippen LogP contribution < -0.4 is 10.6 Å². The first kappa shape index (κ1) is 14.5. The normalized spacial score (nSPS) is 24.7. The van der Waals surface area contributed by atoms with Gasteiger partial charge in [0.2, 0.25) is 5.91 Å². The van der Waals surface area contributed by atoms with Crippen LogP contribution in [0.1, 0.15) is 40.6 Å². The van der Waals surface area contributed by atoms with Gasteiger partial charge in [-0.15, -0.1) is 11.3 Å². The van der Waals surface area contributed by atoms with Crippen molar-refractivity contribution in [2.45, 2.75) is 32.2 Å². The zero-order valence-corrected chi connectivity index (χ0v) is 14.1. The van der Waals surface area contributed by atoms with E-state index in [2.05, 4.69) is 54.0 Å². The molecule has 2 heterocycles. The Morgan fingerprint density at radius 3 is 2.91 bits per heavy atom. The summed E-state index contributed by atoms with van der Waals surface area (Å²) in [5, 5.41) is 6.63. The fraction of sp³-hybridized carbons (Fsp3) is 0.316. The summed E-state index contributed by atoms with van der Waals surface area (Å²) in [7, 11) is 0. The molecule has 1 aromatic carbocycles. The molecule has 118 valence electrons. The van der Waals surface area contributed by atoms with Gasteiger partial charge in [0.15, 0.2) is 0 Å². The van der Waals surface area contributed by atoms with Crippen LogP contribution >= 0.6 is 11.3 Å². The molecule has 0 bridgehead atoms. The summed E-state index contributed by atoms with van der Waals surface area (Å²) in [4.78, 5) is 14.1. The third-order valence-corrected chi connectivity index (χ3v) is 5.83. The van der Waals surface area contributed by atoms with Gasteiger partial charge in [-0.25, -0.2) is 0 Å². The molecule has 3 nitrogen and oxygen atoms in total. The van der Waals surface area contributed by atoms with Gasteiger partial charge >= 0.3 is 0 Å². The molecule has 4 rings (SSSR count). The summed E-state index contributed by atoms with van der Waals surface area (Å²) in [6.45, 7) is 3.71. The van der Waals surface area contributed by atoms with Gasteiger partial charge in [-0.2, -0.15) is 0 Å². The Kier molecular flexibility index (Phi) is 3.49. The molecule has 2 aromatic rings. The van der Waals surface area contributed by atoms with Gasteiger partial charge in [0.25, 0.3) is 0 Å². The highest BCUT2D eigenvalue weighted by Crippen LogP contribution is 2.51. The number of aryl methyl sites for hydroxylation is 1. The molecule has 0 saturated carbocycles. The summed E-state index contributed by atoms with van der Waals surface area (Å²) < 4.78 is 0. The third-order valence-electron chi connectivity index (χ3n) is 4.75. The Morgan fingerprint density at radius 2 is 2.17 bits per heavy atom. The van der Waals surface area contributed by atoms with Crippen molar-refractivity contribution < 1.29 is 4.79 Å². The Morgan fingerprint density at radius 1 is 1.30 bits per heavy atom. The van der Waals surface area contributed by atoms with E-state index in [0.29, 0.717) is 17.9 Å². The molecule has 4 heteroatoms. The van der Waals surface area contributed by atoms with Crippen molar-refractivity contribution in [3.8, 4) is 0 Å². The lowest BCUT2D eigenvalue weighted by molar-refractivity contribution is -0.114. The number of amides is 1. The van der Waals surface area contributed by atoms with Crippen molar-refractivity contribution in [3.05, 3.63) is 57.8 Å². The molecule has 0 saturated heterocycles. The van der Waals surface area contributed by atoms with Crippen LogP contribution in [0.2, 0.25) is 0 Å². The first-order valence-corrected chi connectivity index (χ1v) is 8.84. The topological polar surface area (TPSA) is 41.1 Å². The second kappa shape index (κ2) is 5.53. The highest BCUT2D eigenvalue weighted by Gasteiger charge is 2.38. The third kappa shape index (κ3) is 2.57. The molecule has 1 aliphatic carbocycles. The van der Waals surface area contributed by atoms with Crippen molar-refractivity contribution >= 4 is 28.6 Å². The SMILES string of the molecule is CC(=O)Nc1ccc2c(c1)C1C=CCC1C(c1ccc(C)s1)N2. The van der Waals surface area contributed by atoms with Gasteiger partial charge in [-0.05, 0) is 55.2 Å². The minimum absolute atomic E-state index is 0.0285. The summed E-state index contributed by atoms with van der Waals surface area (Å²) in [5.74, 6) is 0.944. The van der Waals surface area contributed by atoms with Gasteiger partial charge in [0.05, 0.1) is 6.04 Å². The molecule has 1 aliphatic heterocycles. The Labute approximate surface area is 140 Å². The number of hydrogen-bond donors (Lipinski definition) is 2. The van der Waals surface area contributed by atoms with E-state index in [1.54, 1.807) is 6.92 Å². The number of fused-ring (bicyclic) bond motifs is 3. The number of hydrogen-bond acceptors (Lipinski definition) is 3. The molecule has 1 amide bonds. The second-order valence-electron chi connectivity index (χ2n) is 6.41. The van der Waals surface area contributed by atoms with Gasteiger partial charge in [-0.3, -0.25) is 4.79 Å². The maximum atomic E-state index is 11.3. The van der Waals surface area contributed by atoms with E-state index < -0.39 is 0 Å². The zero-order valence-electron chi connectivity index (χ0n) is 13.3. The van der Waals surface area contributed by atoms with Crippen molar-refractivity contribution in [3.63, 3.8) is 0 Å². The van der Waals surface area contributed by atoms with Crippen LogP contribution in [0.3, 0.4) is 0 Å². The van der Waals surface area contributed by atoms with Crippen LogP contribution in [-0.2, 0) is 4.79 Å². The molecule has 23 heavy (non-hydrogen) atoms. The quantitative estimate of drug-likeness (QED) is 0.776. The molecule has 3 atom stereocenters. The standard InChI is InChI=1S/C19H20N2OS/c1-11-6-9-18(23-11)19-15-5-3-4-14(15)16-10-13(20-12(2)22)7-8-17(16)21-19/h3-4,6-10,14-15,19,21H,5H2,1-2H3,(H,20,22). The van der Waals surface area contributed by atoms with Crippen molar-refractivity contribution in [2.24, 2.45) is 5.92 Å². The number of nitrogens with one attached hydrogen (secondary N) is 2. The second-order valence-corrected chi connectivity index (χ2v) is 7.73. The number of thiophene rings is 1. The lowest BCUT2D eigenvalue weighted by Gasteiger charge is -2.37. The maximum Gasteiger partial charge on any atom is 0.221 e. The molecular weight excluding hydrogens is 304 g/mol. The van der Waals surface area contributed by atoms with Crippen molar-refractivity contribution in [1.29, 1.82) is 0 Å². The summed E-state index contributed by atoms with van der Waals surface area (Å²) in [6, 6.07) is 11.0. The number of carbonyl (C=O) groups is 1. The largest absolute Gasteiger partial charge is 0.377 e. The number of anilines is 2. The summed E-state index contributed by atoms with van der Waals surface area (Å²) >= 11 is 1.88. The molecular formula is C19H20N2OS. The zero-order chi connectivity index (χ0) is 16.0. The molecule has 3 unspecified atom stereocenters. The fourth-order valence-corrected chi connectivity index (χ4v) is 4.78. The first-order valence-electron chi connectivity index (χ1n) is 8.03. The fourth-order valence-electron chi connectivity index (χ4n) is 3.78. The van der Waals surface area contributed by atoms with Gasteiger partial charge in [0, 0.05) is 34.0 Å². The number of allylic oxidation sites excluding steroid dienone is 2. The van der Waals surface area contributed by atoms with Crippen LogP contribution in [0.5, 0.6) is 0 Å². The minimum atomic E-state index is -0.0285. The summed E-state index contributed by atoms with van der Waals surface area (Å²) in [6.07, 6.45) is 5.73. The number of carbonyl (C=O) groups excluding carboxylic acids is 1. The van der Waals surface area contributed by atoms with E-state index in [-0.39, 0.29) is 5.91 Å². The van der Waals surface area contributed by atoms with Crippen LogP contribution in [-0.4, -0.2) is 5.91 Å². The molecule has 0 radical (unpaired) electrons. The van der Waals surface area contributed by atoms with Crippen LogP contribution in [0.25, 0.3) is 0 Å².